The van der Waals surface area contributed by atoms with Gasteiger partial charge in [-0.25, -0.2) is 4.39 Å². The quantitative estimate of drug-likeness (QED) is 0.727. The fraction of sp³-hybridized carbons (Fsp3) is 0.200. The molecule has 0 saturated heterocycles. The third-order valence-electron chi connectivity index (χ3n) is 1.98. The predicted octanol–water partition coefficient (Wildman–Crippen LogP) is 2.10. The van der Waals surface area contributed by atoms with Crippen LogP contribution in [0.5, 0.6) is 0 Å². The molecule has 0 aliphatic heterocycles. The molecule has 2 aromatic rings. The Morgan fingerprint density at radius 3 is 2.93 bits per heavy atom. The number of nitrogens with zero attached hydrogens (tertiary/aromatic N) is 3. The van der Waals surface area contributed by atoms with E-state index in [4.69, 9.17) is 0 Å². The molecule has 1 heterocycles. The summed E-state index contributed by atoms with van der Waals surface area (Å²) in [4.78, 5) is 0. The molecule has 0 aliphatic carbocycles. The third kappa shape index (κ3) is 1.64. The Bertz CT molecular complexity index is 436. The molecule has 4 heteroatoms. The van der Waals surface area contributed by atoms with Crippen molar-refractivity contribution in [3.63, 3.8) is 0 Å². The maximum atomic E-state index is 12.9. The highest BCUT2D eigenvalue weighted by molar-refractivity contribution is 5.57. The summed E-state index contributed by atoms with van der Waals surface area (Å²) < 4.78 is 14.6. The molecule has 0 saturated carbocycles. The molecule has 2 rings (SSSR count). The first-order valence-electron chi connectivity index (χ1n) is 4.45. The van der Waals surface area contributed by atoms with Crippen molar-refractivity contribution in [2.24, 2.45) is 0 Å². The van der Waals surface area contributed by atoms with E-state index in [0.29, 0.717) is 5.69 Å². The highest BCUT2D eigenvalue weighted by Gasteiger charge is 2.03. The van der Waals surface area contributed by atoms with Gasteiger partial charge >= 0.3 is 0 Å². The van der Waals surface area contributed by atoms with E-state index in [2.05, 4.69) is 10.3 Å². The van der Waals surface area contributed by atoms with Gasteiger partial charge in [-0.15, -0.1) is 5.10 Å². The molecule has 0 aliphatic rings. The van der Waals surface area contributed by atoms with E-state index in [1.807, 2.05) is 13.0 Å². The number of aryl methyl sites for hydroxylation is 1. The van der Waals surface area contributed by atoms with E-state index in [1.54, 1.807) is 16.9 Å². The van der Waals surface area contributed by atoms with Crippen molar-refractivity contribution in [2.75, 3.05) is 0 Å². The van der Waals surface area contributed by atoms with Crippen molar-refractivity contribution >= 4 is 0 Å². The average Bonchev–Trinajstić information content (AvgIpc) is 2.66. The van der Waals surface area contributed by atoms with E-state index in [0.717, 1.165) is 12.1 Å². The zero-order valence-electron chi connectivity index (χ0n) is 7.81. The summed E-state index contributed by atoms with van der Waals surface area (Å²) in [6.07, 6.45) is 1.80. The smallest absolute Gasteiger partial charge is 0.123 e. The molecule has 0 bridgehead atoms. The van der Waals surface area contributed by atoms with E-state index in [1.165, 1.54) is 12.1 Å². The fourth-order valence-corrected chi connectivity index (χ4v) is 1.23. The van der Waals surface area contributed by atoms with Crippen molar-refractivity contribution < 1.29 is 4.39 Å². The van der Waals surface area contributed by atoms with Crippen LogP contribution in [0.15, 0.2) is 30.5 Å². The Morgan fingerprint density at radius 1 is 1.43 bits per heavy atom. The Hall–Kier alpha value is -1.71. The minimum atomic E-state index is -0.256. The lowest BCUT2D eigenvalue weighted by Crippen LogP contribution is -1.93. The SMILES string of the molecule is CCn1cc(-c2cccc(F)c2)nn1. The van der Waals surface area contributed by atoms with Gasteiger partial charge in [-0.2, -0.15) is 0 Å². The largest absolute Gasteiger partial charge is 0.252 e. The standard InChI is InChI=1S/C10H10FN3/c1-2-14-7-10(12-13-14)8-4-3-5-9(11)6-8/h3-7H,2H2,1H3. The topological polar surface area (TPSA) is 30.7 Å². The second kappa shape index (κ2) is 3.57. The Balaban J connectivity index is 2.39. The number of halogens is 1. The molecule has 1 aromatic heterocycles. The van der Waals surface area contributed by atoms with Gasteiger partial charge in [0.05, 0.1) is 6.20 Å². The summed E-state index contributed by atoms with van der Waals surface area (Å²) in [5, 5.41) is 7.83. The van der Waals surface area contributed by atoms with Crippen LogP contribution in [0.4, 0.5) is 4.39 Å². The Morgan fingerprint density at radius 2 is 2.29 bits per heavy atom. The maximum absolute atomic E-state index is 12.9. The van der Waals surface area contributed by atoms with Crippen LogP contribution in [0.2, 0.25) is 0 Å². The van der Waals surface area contributed by atoms with Gasteiger partial charge in [0.2, 0.25) is 0 Å². The highest BCUT2D eigenvalue weighted by atomic mass is 19.1. The molecule has 0 unspecified atom stereocenters. The normalized spacial score (nSPS) is 10.4. The molecule has 0 amide bonds. The zero-order valence-corrected chi connectivity index (χ0v) is 7.81. The summed E-state index contributed by atoms with van der Waals surface area (Å²) in [7, 11) is 0. The fourth-order valence-electron chi connectivity index (χ4n) is 1.23. The van der Waals surface area contributed by atoms with Crippen molar-refractivity contribution in [1.29, 1.82) is 0 Å². The van der Waals surface area contributed by atoms with Crippen LogP contribution in [0.25, 0.3) is 11.3 Å². The van der Waals surface area contributed by atoms with E-state index >= 15 is 0 Å². The second-order valence-electron chi connectivity index (χ2n) is 2.97. The number of rotatable bonds is 2. The minimum absolute atomic E-state index is 0.256. The maximum Gasteiger partial charge on any atom is 0.123 e. The van der Waals surface area contributed by atoms with Gasteiger partial charge in [-0.3, -0.25) is 4.68 Å². The summed E-state index contributed by atoms with van der Waals surface area (Å²) in [5.41, 5.74) is 1.45. The van der Waals surface area contributed by atoms with E-state index in [-0.39, 0.29) is 5.82 Å². The van der Waals surface area contributed by atoms with Gasteiger partial charge in [0.15, 0.2) is 0 Å². The van der Waals surface area contributed by atoms with Gasteiger partial charge < -0.3 is 0 Å². The molecule has 14 heavy (non-hydrogen) atoms. The van der Waals surface area contributed by atoms with Gasteiger partial charge in [-0.05, 0) is 19.1 Å². The van der Waals surface area contributed by atoms with Crippen LogP contribution < -0.4 is 0 Å². The Labute approximate surface area is 81.2 Å². The van der Waals surface area contributed by atoms with Crippen molar-refractivity contribution in [3.05, 3.63) is 36.3 Å². The van der Waals surface area contributed by atoms with Crippen LogP contribution >= 0.6 is 0 Å². The van der Waals surface area contributed by atoms with Crippen LogP contribution in [0, 0.1) is 5.82 Å². The highest BCUT2D eigenvalue weighted by Crippen LogP contribution is 2.16. The van der Waals surface area contributed by atoms with Gasteiger partial charge in [0, 0.05) is 12.1 Å². The molecule has 0 fully saturated rings. The van der Waals surface area contributed by atoms with E-state index < -0.39 is 0 Å². The van der Waals surface area contributed by atoms with Crippen LogP contribution in [-0.4, -0.2) is 15.0 Å². The molecular formula is C10H10FN3. The molecule has 0 radical (unpaired) electrons. The average molecular weight is 191 g/mol. The monoisotopic (exact) mass is 191 g/mol. The molecule has 0 spiro atoms. The number of aromatic nitrogens is 3. The van der Waals surface area contributed by atoms with Crippen LogP contribution in [-0.2, 0) is 6.54 Å². The molecule has 3 nitrogen and oxygen atoms in total. The summed E-state index contributed by atoms with van der Waals surface area (Å²) in [5.74, 6) is -0.256. The van der Waals surface area contributed by atoms with Crippen LogP contribution in [0.3, 0.4) is 0 Å². The molecular weight excluding hydrogens is 181 g/mol. The van der Waals surface area contributed by atoms with Gasteiger partial charge in [0.25, 0.3) is 0 Å². The first-order chi connectivity index (χ1) is 6.79. The third-order valence-corrected chi connectivity index (χ3v) is 1.98. The number of benzene rings is 1. The zero-order chi connectivity index (χ0) is 9.97. The lowest BCUT2D eigenvalue weighted by molar-refractivity contribution is 0.626. The Kier molecular flexibility index (Phi) is 2.26. The molecule has 0 N–H and O–H groups in total. The molecule has 1 aromatic carbocycles. The van der Waals surface area contributed by atoms with Crippen molar-refractivity contribution in [1.82, 2.24) is 15.0 Å². The van der Waals surface area contributed by atoms with Gasteiger partial charge in [0.1, 0.15) is 11.5 Å². The number of hydrogen-bond donors (Lipinski definition) is 0. The van der Waals surface area contributed by atoms with Crippen LogP contribution in [0.1, 0.15) is 6.92 Å². The first kappa shape index (κ1) is 8.87. The predicted molar refractivity (Wildman–Crippen MR) is 51.1 cm³/mol. The van der Waals surface area contributed by atoms with Crippen molar-refractivity contribution in [3.8, 4) is 11.3 Å². The summed E-state index contributed by atoms with van der Waals surface area (Å²) in [6, 6.07) is 6.33. The summed E-state index contributed by atoms with van der Waals surface area (Å²) >= 11 is 0. The molecule has 0 atom stereocenters. The van der Waals surface area contributed by atoms with E-state index in [9.17, 15) is 4.39 Å². The van der Waals surface area contributed by atoms with Gasteiger partial charge in [-0.1, -0.05) is 17.3 Å². The van der Waals surface area contributed by atoms with Crippen molar-refractivity contribution in [2.45, 2.75) is 13.5 Å². The molecule has 72 valence electrons. The minimum Gasteiger partial charge on any atom is -0.252 e. The first-order valence-corrected chi connectivity index (χ1v) is 4.45. The summed E-state index contributed by atoms with van der Waals surface area (Å²) in [6.45, 7) is 2.74. The lowest BCUT2D eigenvalue weighted by atomic mass is 10.2. The second-order valence-corrected chi connectivity index (χ2v) is 2.97. The number of hydrogen-bond acceptors (Lipinski definition) is 2. The lowest BCUT2D eigenvalue weighted by Gasteiger charge is -1.94.